The number of aliphatic hydroxyl groups excluding tert-OH is 1. The van der Waals surface area contributed by atoms with Crippen molar-refractivity contribution in [2.24, 2.45) is 0 Å². The van der Waals surface area contributed by atoms with Gasteiger partial charge < -0.3 is 24.3 Å². The van der Waals surface area contributed by atoms with E-state index in [1.165, 1.54) is 7.11 Å². The number of carbonyl (C=O) groups excluding carboxylic acids is 2. The molecule has 1 unspecified atom stereocenters. The summed E-state index contributed by atoms with van der Waals surface area (Å²) in [6.07, 6.45) is 1.36. The molecule has 3 aromatic rings. The average Bonchev–Trinajstić information content (AvgIpc) is 3.65. The maximum atomic E-state index is 13.6. The summed E-state index contributed by atoms with van der Waals surface area (Å²) in [6, 6.07) is 18.2. The third-order valence-corrected chi connectivity index (χ3v) is 8.35. The lowest BCUT2D eigenvalue weighted by atomic mass is 9.92. The van der Waals surface area contributed by atoms with E-state index in [0.717, 1.165) is 36.4 Å². The van der Waals surface area contributed by atoms with Crippen LogP contribution in [-0.4, -0.2) is 81.7 Å². The average molecular weight is 562 g/mol. The fourth-order valence-corrected chi connectivity index (χ4v) is 6.27. The second-order valence-corrected chi connectivity index (χ2v) is 11.2. The van der Waals surface area contributed by atoms with E-state index < -0.39 is 6.04 Å². The Morgan fingerprint density at radius 3 is 2.44 bits per heavy atom. The van der Waals surface area contributed by atoms with E-state index in [2.05, 4.69) is 23.6 Å². The number of furan rings is 1. The Bertz CT molecular complexity index is 1370. The van der Waals surface area contributed by atoms with Gasteiger partial charge in [0.1, 0.15) is 29.9 Å². The topological polar surface area (TPSA) is 107 Å². The number of aromatic hydroxyl groups is 1. The molecule has 3 heterocycles. The lowest BCUT2D eigenvalue weighted by molar-refractivity contribution is -0.145. The number of benzene rings is 2. The number of aliphatic hydroxyl groups is 1. The maximum Gasteiger partial charge on any atom is 0.328 e. The molecule has 0 radical (unpaired) electrons. The second kappa shape index (κ2) is 12.5. The van der Waals surface area contributed by atoms with Crippen LogP contribution in [0.2, 0.25) is 0 Å². The molecule has 41 heavy (non-hydrogen) atoms. The van der Waals surface area contributed by atoms with Gasteiger partial charge in [-0.1, -0.05) is 24.3 Å². The predicted molar refractivity (Wildman–Crippen MR) is 153 cm³/mol. The van der Waals surface area contributed by atoms with E-state index in [1.54, 1.807) is 29.2 Å². The quantitative estimate of drug-likeness (QED) is 0.399. The Morgan fingerprint density at radius 2 is 1.73 bits per heavy atom. The monoisotopic (exact) mass is 561 g/mol. The summed E-state index contributed by atoms with van der Waals surface area (Å²) >= 11 is 0. The lowest BCUT2D eigenvalue weighted by Crippen LogP contribution is -2.56. The molecule has 4 atom stereocenters. The first-order valence-electron chi connectivity index (χ1n) is 14.2. The van der Waals surface area contributed by atoms with Gasteiger partial charge in [-0.2, -0.15) is 0 Å². The highest BCUT2D eigenvalue weighted by Gasteiger charge is 2.37. The predicted octanol–water partition coefficient (Wildman–Crippen LogP) is 3.94. The zero-order valence-electron chi connectivity index (χ0n) is 23.9. The number of rotatable bonds is 8. The number of nitrogens with zero attached hydrogens (tertiary/aromatic N) is 3. The van der Waals surface area contributed by atoms with Crippen LogP contribution < -0.4 is 0 Å². The van der Waals surface area contributed by atoms with Crippen molar-refractivity contribution >= 4 is 11.9 Å². The van der Waals surface area contributed by atoms with Gasteiger partial charge in [-0.3, -0.25) is 14.6 Å². The van der Waals surface area contributed by atoms with Gasteiger partial charge in [0.15, 0.2) is 0 Å². The first-order valence-corrected chi connectivity index (χ1v) is 14.2. The molecule has 2 aliphatic heterocycles. The molecule has 2 N–H and O–H groups in total. The third-order valence-electron chi connectivity index (χ3n) is 8.35. The highest BCUT2D eigenvalue weighted by atomic mass is 16.5. The molecule has 2 aromatic carbocycles. The number of amides is 1. The second-order valence-electron chi connectivity index (χ2n) is 11.2. The van der Waals surface area contributed by atoms with E-state index >= 15 is 0 Å². The van der Waals surface area contributed by atoms with Crippen LogP contribution in [0.4, 0.5) is 0 Å². The molecule has 1 amide bonds. The molecule has 1 aromatic heterocycles. The summed E-state index contributed by atoms with van der Waals surface area (Å²) < 4.78 is 10.7. The molecule has 9 heteroatoms. The van der Waals surface area contributed by atoms with Crippen molar-refractivity contribution < 1.29 is 29.0 Å². The molecule has 2 aliphatic rings. The van der Waals surface area contributed by atoms with Gasteiger partial charge >= 0.3 is 5.97 Å². The molecule has 0 saturated carbocycles. The van der Waals surface area contributed by atoms with E-state index in [-0.39, 0.29) is 42.4 Å². The molecule has 0 aliphatic carbocycles. The standard InChI is InChI=1S/C32H39N3O6/c1-21-18-35(22(2)17-33(21)19-27-12-13-28(20-36)41-27)30(24-8-5-10-26(37)16-24)23-7-4-9-25(15-23)31(38)34-14-6-11-29(34)32(39)40-3/h4-5,7-10,12-13,15-16,21-22,29-30,36-37H,6,11,14,17-20H2,1-3H3/t21-,22+,29+,30?/m1/s1. The minimum Gasteiger partial charge on any atom is -0.508 e. The van der Waals surface area contributed by atoms with Crippen molar-refractivity contribution in [3.05, 3.63) is 88.9 Å². The van der Waals surface area contributed by atoms with Gasteiger partial charge in [0, 0.05) is 37.3 Å². The Balaban J connectivity index is 1.43. The Labute approximate surface area is 240 Å². The van der Waals surface area contributed by atoms with Crippen LogP contribution in [0.5, 0.6) is 5.75 Å². The van der Waals surface area contributed by atoms with Gasteiger partial charge in [0.25, 0.3) is 5.91 Å². The Hall–Kier alpha value is -3.66. The van der Waals surface area contributed by atoms with Crippen LogP contribution in [0.3, 0.4) is 0 Å². The fraction of sp³-hybridized carbons (Fsp3) is 0.438. The fourth-order valence-electron chi connectivity index (χ4n) is 6.27. The van der Waals surface area contributed by atoms with Gasteiger partial charge in [-0.15, -0.1) is 0 Å². The highest BCUT2D eigenvalue weighted by molar-refractivity contribution is 5.97. The molecular weight excluding hydrogens is 522 g/mol. The number of esters is 1. The van der Waals surface area contributed by atoms with Crippen molar-refractivity contribution in [3.8, 4) is 5.75 Å². The summed E-state index contributed by atoms with van der Waals surface area (Å²) in [7, 11) is 1.35. The van der Waals surface area contributed by atoms with Crippen LogP contribution in [0.1, 0.15) is 65.7 Å². The molecular formula is C32H39N3O6. The molecule has 0 bridgehead atoms. The Kier molecular flexibility index (Phi) is 8.77. The van der Waals surface area contributed by atoms with Crippen molar-refractivity contribution in [3.63, 3.8) is 0 Å². The molecule has 218 valence electrons. The molecule has 5 rings (SSSR count). The van der Waals surface area contributed by atoms with Crippen LogP contribution in [0, 0.1) is 0 Å². The van der Waals surface area contributed by atoms with Crippen LogP contribution in [0.15, 0.2) is 65.1 Å². The van der Waals surface area contributed by atoms with Crippen molar-refractivity contribution in [1.82, 2.24) is 14.7 Å². The first kappa shape index (κ1) is 28.9. The number of hydrogen-bond acceptors (Lipinski definition) is 8. The smallest absolute Gasteiger partial charge is 0.328 e. The highest BCUT2D eigenvalue weighted by Crippen LogP contribution is 2.35. The number of likely N-dealkylation sites (tertiary alicyclic amines) is 1. The summed E-state index contributed by atoms with van der Waals surface area (Å²) in [5.41, 5.74) is 2.41. The number of hydrogen-bond donors (Lipinski definition) is 2. The van der Waals surface area contributed by atoms with E-state index in [4.69, 9.17) is 9.15 Å². The maximum absolute atomic E-state index is 13.6. The number of phenols is 1. The van der Waals surface area contributed by atoms with E-state index in [0.29, 0.717) is 30.8 Å². The molecule has 0 spiro atoms. The SMILES string of the molecule is COC(=O)[C@@H]1CCCN1C(=O)c1cccc(C(c2cccc(O)c2)N2C[C@@H](C)N(Cc3ccc(CO)o3)C[C@@H]2C)c1. The number of carbonyl (C=O) groups is 2. The van der Waals surface area contributed by atoms with Gasteiger partial charge in [-0.25, -0.2) is 4.79 Å². The normalized spacial score (nSPS) is 22.5. The zero-order valence-corrected chi connectivity index (χ0v) is 23.9. The van der Waals surface area contributed by atoms with Gasteiger partial charge in [-0.05, 0) is 74.2 Å². The van der Waals surface area contributed by atoms with Gasteiger partial charge in [0.05, 0.1) is 19.7 Å². The van der Waals surface area contributed by atoms with Gasteiger partial charge in [0.2, 0.25) is 0 Å². The minimum absolute atomic E-state index is 0.117. The minimum atomic E-state index is -0.561. The van der Waals surface area contributed by atoms with E-state index in [9.17, 15) is 19.8 Å². The van der Waals surface area contributed by atoms with Crippen molar-refractivity contribution in [2.45, 2.75) is 64.0 Å². The molecule has 9 nitrogen and oxygen atoms in total. The molecule has 2 fully saturated rings. The van der Waals surface area contributed by atoms with Crippen LogP contribution in [-0.2, 0) is 22.7 Å². The van der Waals surface area contributed by atoms with Crippen molar-refractivity contribution in [2.75, 3.05) is 26.7 Å². The lowest BCUT2D eigenvalue weighted by Gasteiger charge is -2.47. The third kappa shape index (κ3) is 6.17. The summed E-state index contributed by atoms with van der Waals surface area (Å²) in [5, 5.41) is 19.8. The number of phenolic OH excluding ortho intramolecular Hbond substituents is 1. The molecule has 2 saturated heterocycles. The number of methoxy groups -OCH3 is 1. The Morgan fingerprint density at radius 1 is 1.00 bits per heavy atom. The zero-order chi connectivity index (χ0) is 29.1. The summed E-state index contributed by atoms with van der Waals surface area (Å²) in [5.74, 6) is 1.01. The van der Waals surface area contributed by atoms with Crippen LogP contribution in [0.25, 0.3) is 0 Å². The number of ether oxygens (including phenoxy) is 1. The largest absolute Gasteiger partial charge is 0.508 e. The first-order chi connectivity index (χ1) is 19.8. The summed E-state index contributed by atoms with van der Waals surface area (Å²) in [4.78, 5) is 32.3. The van der Waals surface area contributed by atoms with Crippen molar-refractivity contribution in [1.29, 1.82) is 0 Å². The van der Waals surface area contributed by atoms with E-state index in [1.807, 2.05) is 36.4 Å². The number of piperazine rings is 1. The summed E-state index contributed by atoms with van der Waals surface area (Å²) in [6.45, 7) is 6.98. The van der Waals surface area contributed by atoms with Crippen LogP contribution >= 0.6 is 0 Å².